The Morgan fingerprint density at radius 2 is 2.19 bits per heavy atom. The van der Waals surface area contributed by atoms with Crippen molar-refractivity contribution in [2.24, 2.45) is 0 Å². The number of carbonyl (C=O) groups is 1. The predicted molar refractivity (Wildman–Crippen MR) is 82.5 cm³/mol. The Bertz CT molecular complexity index is 509. The lowest BCUT2D eigenvalue weighted by Gasteiger charge is -2.26. The normalized spacial score (nSPS) is 14.2. The highest BCUT2D eigenvalue weighted by atomic mass is 16.6. The summed E-state index contributed by atoms with van der Waals surface area (Å²) in [6.45, 7) is 7.54. The molecule has 1 amide bonds. The third-order valence-corrected chi connectivity index (χ3v) is 3.30. The predicted octanol–water partition coefficient (Wildman–Crippen LogP) is 2.07. The van der Waals surface area contributed by atoms with Crippen LogP contribution in [0.3, 0.4) is 0 Å². The number of anilines is 1. The minimum Gasteiger partial charge on any atom is -0.443 e. The lowest BCUT2D eigenvalue weighted by molar-refractivity contribution is 0.0583. The van der Waals surface area contributed by atoms with Crippen LogP contribution < -0.4 is 10.2 Å². The van der Waals surface area contributed by atoms with Crippen LogP contribution in [0.4, 0.5) is 10.5 Å². The van der Waals surface area contributed by atoms with E-state index in [2.05, 4.69) is 11.4 Å². The van der Waals surface area contributed by atoms with Gasteiger partial charge in [-0.05, 0) is 38.3 Å². The highest BCUT2D eigenvalue weighted by Gasteiger charge is 2.30. The quantitative estimate of drug-likeness (QED) is 0.834. The van der Waals surface area contributed by atoms with E-state index in [0.717, 1.165) is 17.7 Å². The molecule has 1 aromatic rings. The fraction of sp³-hybridized carbons (Fsp3) is 0.562. The van der Waals surface area contributed by atoms with Crippen LogP contribution in [0, 0.1) is 0 Å². The Morgan fingerprint density at radius 1 is 1.43 bits per heavy atom. The molecule has 116 valence electrons. The van der Waals surface area contributed by atoms with E-state index in [1.807, 2.05) is 32.9 Å². The maximum absolute atomic E-state index is 12.3. The molecule has 2 N–H and O–H groups in total. The first-order chi connectivity index (χ1) is 9.92. The summed E-state index contributed by atoms with van der Waals surface area (Å²) in [5.74, 6) is 0. The molecule has 0 saturated heterocycles. The van der Waals surface area contributed by atoms with E-state index >= 15 is 0 Å². The van der Waals surface area contributed by atoms with Gasteiger partial charge in [0.2, 0.25) is 0 Å². The van der Waals surface area contributed by atoms with Crippen molar-refractivity contribution in [3.05, 3.63) is 29.3 Å². The number of nitrogens with zero attached hydrogens (tertiary/aromatic N) is 1. The number of hydrogen-bond donors (Lipinski definition) is 2. The molecule has 21 heavy (non-hydrogen) atoms. The Balaban J connectivity index is 2.19. The Labute approximate surface area is 125 Å². The zero-order chi connectivity index (χ0) is 15.5. The number of carbonyl (C=O) groups excluding carboxylic acids is 1. The molecule has 5 heteroatoms. The van der Waals surface area contributed by atoms with Gasteiger partial charge in [-0.2, -0.15) is 0 Å². The van der Waals surface area contributed by atoms with Crippen LogP contribution in [0.5, 0.6) is 0 Å². The molecule has 2 rings (SSSR count). The van der Waals surface area contributed by atoms with Gasteiger partial charge in [0.25, 0.3) is 0 Å². The lowest BCUT2D eigenvalue weighted by atomic mass is 10.1. The van der Waals surface area contributed by atoms with Gasteiger partial charge in [0.05, 0.1) is 12.3 Å². The molecule has 0 spiro atoms. The van der Waals surface area contributed by atoms with Gasteiger partial charge in [0, 0.05) is 19.6 Å². The van der Waals surface area contributed by atoms with Gasteiger partial charge in [-0.25, -0.2) is 4.79 Å². The van der Waals surface area contributed by atoms with E-state index in [1.165, 1.54) is 5.56 Å². The maximum atomic E-state index is 12.3. The van der Waals surface area contributed by atoms with Crippen molar-refractivity contribution >= 4 is 11.8 Å². The van der Waals surface area contributed by atoms with E-state index in [4.69, 9.17) is 9.84 Å². The third-order valence-electron chi connectivity index (χ3n) is 3.30. The second kappa shape index (κ2) is 6.45. The van der Waals surface area contributed by atoms with Crippen molar-refractivity contribution in [2.45, 2.75) is 39.3 Å². The number of hydrogen-bond acceptors (Lipinski definition) is 4. The van der Waals surface area contributed by atoms with Gasteiger partial charge in [-0.3, -0.25) is 4.90 Å². The van der Waals surface area contributed by atoms with Gasteiger partial charge in [0.15, 0.2) is 0 Å². The van der Waals surface area contributed by atoms with Crippen LogP contribution in [0.15, 0.2) is 18.2 Å². The summed E-state index contributed by atoms with van der Waals surface area (Å²) in [6.07, 6.45) is 0.554. The first-order valence-electron chi connectivity index (χ1n) is 7.35. The molecule has 0 aliphatic carbocycles. The zero-order valence-electron chi connectivity index (χ0n) is 13.0. The molecule has 5 nitrogen and oxygen atoms in total. The summed E-state index contributed by atoms with van der Waals surface area (Å²) in [5.41, 5.74) is 2.69. The van der Waals surface area contributed by atoms with Crippen molar-refractivity contribution in [1.29, 1.82) is 0 Å². The molecule has 1 heterocycles. The van der Waals surface area contributed by atoms with E-state index < -0.39 is 5.60 Å². The molecular weight excluding hydrogens is 268 g/mol. The van der Waals surface area contributed by atoms with Crippen molar-refractivity contribution in [1.82, 2.24) is 5.32 Å². The van der Waals surface area contributed by atoms with Crippen LogP contribution in [-0.2, 0) is 17.7 Å². The topological polar surface area (TPSA) is 61.8 Å². The van der Waals surface area contributed by atoms with E-state index in [0.29, 0.717) is 19.6 Å². The monoisotopic (exact) mass is 292 g/mol. The highest BCUT2D eigenvalue weighted by molar-refractivity contribution is 5.91. The van der Waals surface area contributed by atoms with E-state index in [-0.39, 0.29) is 12.7 Å². The van der Waals surface area contributed by atoms with Gasteiger partial charge < -0.3 is 15.2 Å². The number of rotatable bonds is 4. The van der Waals surface area contributed by atoms with Gasteiger partial charge >= 0.3 is 6.09 Å². The highest BCUT2D eigenvalue weighted by Crippen LogP contribution is 2.33. The number of ether oxygens (including phenoxy) is 1. The number of benzene rings is 1. The van der Waals surface area contributed by atoms with E-state index in [1.54, 1.807) is 4.90 Å². The Hall–Kier alpha value is -1.59. The minimum atomic E-state index is -0.496. The molecule has 1 aromatic carbocycles. The summed E-state index contributed by atoms with van der Waals surface area (Å²) in [7, 11) is 0. The fourth-order valence-corrected chi connectivity index (χ4v) is 2.48. The average molecular weight is 292 g/mol. The third kappa shape index (κ3) is 3.95. The summed E-state index contributed by atoms with van der Waals surface area (Å²) >= 11 is 0. The molecule has 1 aliphatic heterocycles. The standard InChI is InChI=1S/C16H24N2O3/c1-16(2,3)21-15(20)18-9-7-12-5-4-6-13(14(12)18)11-17-8-10-19/h4-6,17,19H,7-11H2,1-3H3. The molecular formula is C16H24N2O3. The number of amides is 1. The second-order valence-electron chi connectivity index (χ2n) is 6.21. The summed E-state index contributed by atoms with van der Waals surface area (Å²) < 4.78 is 5.49. The number of para-hydroxylation sites is 1. The molecule has 0 atom stereocenters. The number of nitrogens with one attached hydrogen (secondary N) is 1. The van der Waals surface area contributed by atoms with E-state index in [9.17, 15) is 4.79 Å². The molecule has 0 bridgehead atoms. The fourth-order valence-electron chi connectivity index (χ4n) is 2.48. The molecule has 0 aromatic heterocycles. The molecule has 1 aliphatic rings. The average Bonchev–Trinajstić information content (AvgIpc) is 2.82. The molecule has 0 radical (unpaired) electrons. The van der Waals surface area contributed by atoms with Crippen molar-refractivity contribution in [3.63, 3.8) is 0 Å². The first-order valence-corrected chi connectivity index (χ1v) is 7.35. The second-order valence-corrected chi connectivity index (χ2v) is 6.21. The molecule has 0 unspecified atom stereocenters. The van der Waals surface area contributed by atoms with Gasteiger partial charge in [-0.1, -0.05) is 18.2 Å². The van der Waals surface area contributed by atoms with Crippen molar-refractivity contribution < 1.29 is 14.6 Å². The summed E-state index contributed by atoms with van der Waals surface area (Å²) in [5, 5.41) is 12.0. The largest absolute Gasteiger partial charge is 0.443 e. The smallest absolute Gasteiger partial charge is 0.414 e. The van der Waals surface area contributed by atoms with Crippen LogP contribution in [-0.4, -0.2) is 36.5 Å². The number of aliphatic hydroxyl groups is 1. The van der Waals surface area contributed by atoms with Crippen LogP contribution in [0.25, 0.3) is 0 Å². The Morgan fingerprint density at radius 3 is 2.86 bits per heavy atom. The summed E-state index contributed by atoms with van der Waals surface area (Å²) in [4.78, 5) is 14.1. The number of aliphatic hydroxyl groups excluding tert-OH is 1. The van der Waals surface area contributed by atoms with Crippen molar-refractivity contribution in [3.8, 4) is 0 Å². The SMILES string of the molecule is CC(C)(C)OC(=O)N1CCc2cccc(CNCCO)c21. The van der Waals surface area contributed by atoms with Crippen molar-refractivity contribution in [2.75, 3.05) is 24.6 Å². The van der Waals surface area contributed by atoms with Gasteiger partial charge in [0.1, 0.15) is 5.60 Å². The maximum Gasteiger partial charge on any atom is 0.414 e. The van der Waals surface area contributed by atoms with Gasteiger partial charge in [-0.15, -0.1) is 0 Å². The summed E-state index contributed by atoms with van der Waals surface area (Å²) in [6, 6.07) is 6.06. The van der Waals surface area contributed by atoms with Crippen LogP contribution in [0.2, 0.25) is 0 Å². The molecule has 0 saturated carbocycles. The van der Waals surface area contributed by atoms with Crippen LogP contribution in [0.1, 0.15) is 31.9 Å². The Kier molecular flexibility index (Phi) is 4.85. The van der Waals surface area contributed by atoms with Crippen LogP contribution >= 0.6 is 0 Å². The zero-order valence-corrected chi connectivity index (χ0v) is 13.0. The lowest BCUT2D eigenvalue weighted by Crippen LogP contribution is -2.36. The number of fused-ring (bicyclic) bond motifs is 1. The minimum absolute atomic E-state index is 0.102. The molecule has 0 fully saturated rings. The first kappa shape index (κ1) is 15.8.